The topological polar surface area (TPSA) is 91.2 Å². The minimum Gasteiger partial charge on any atom is -0.495 e. The zero-order valence-electron chi connectivity index (χ0n) is 14.2. The summed E-state index contributed by atoms with van der Waals surface area (Å²) in [4.78, 5) is 23.5. The van der Waals surface area contributed by atoms with Gasteiger partial charge in [0.2, 0.25) is 0 Å². The van der Waals surface area contributed by atoms with Crippen LogP contribution in [-0.4, -0.2) is 18.8 Å². The van der Waals surface area contributed by atoms with Crippen molar-refractivity contribution in [3.63, 3.8) is 0 Å². The SMILES string of the molecule is COc1ccc(NC(=O)/C(C#N)=C\Nc2ccc(C(C)=O)cc2)cc1Cl. The molecule has 0 aromatic heterocycles. The number of nitrogens with zero attached hydrogens (tertiary/aromatic N) is 1. The minimum absolute atomic E-state index is 0.0395. The van der Waals surface area contributed by atoms with Crippen LogP contribution in [0.25, 0.3) is 0 Å². The molecule has 0 aliphatic heterocycles. The molecule has 0 atom stereocenters. The summed E-state index contributed by atoms with van der Waals surface area (Å²) < 4.78 is 5.04. The zero-order chi connectivity index (χ0) is 19.1. The second kappa shape index (κ2) is 8.70. The van der Waals surface area contributed by atoms with E-state index >= 15 is 0 Å². The average Bonchev–Trinajstić information content (AvgIpc) is 2.62. The second-order valence-corrected chi connectivity index (χ2v) is 5.66. The summed E-state index contributed by atoms with van der Waals surface area (Å²) in [6.07, 6.45) is 1.29. The lowest BCUT2D eigenvalue weighted by Crippen LogP contribution is -2.14. The fourth-order valence-electron chi connectivity index (χ4n) is 2.05. The van der Waals surface area contributed by atoms with Crippen LogP contribution in [-0.2, 0) is 4.79 Å². The van der Waals surface area contributed by atoms with Crippen molar-refractivity contribution < 1.29 is 14.3 Å². The largest absolute Gasteiger partial charge is 0.495 e. The Labute approximate surface area is 156 Å². The van der Waals surface area contributed by atoms with E-state index in [1.807, 2.05) is 6.07 Å². The van der Waals surface area contributed by atoms with Gasteiger partial charge in [-0.2, -0.15) is 5.26 Å². The van der Waals surface area contributed by atoms with Crippen LogP contribution in [0.5, 0.6) is 5.75 Å². The molecule has 0 radical (unpaired) electrons. The van der Waals surface area contributed by atoms with Crippen molar-refractivity contribution in [1.82, 2.24) is 0 Å². The number of carbonyl (C=O) groups is 2. The predicted octanol–water partition coefficient (Wildman–Crippen LogP) is 4.01. The van der Waals surface area contributed by atoms with Crippen molar-refractivity contribution >= 4 is 34.7 Å². The molecule has 0 saturated heterocycles. The van der Waals surface area contributed by atoms with E-state index in [4.69, 9.17) is 16.3 Å². The third-order valence-electron chi connectivity index (χ3n) is 3.45. The summed E-state index contributed by atoms with van der Waals surface area (Å²) in [5, 5.41) is 15.0. The maximum absolute atomic E-state index is 12.2. The molecule has 7 heteroatoms. The normalized spacial score (nSPS) is 10.6. The first-order valence-corrected chi connectivity index (χ1v) is 7.95. The first kappa shape index (κ1) is 19.0. The summed E-state index contributed by atoms with van der Waals surface area (Å²) in [7, 11) is 1.49. The molecule has 2 aromatic rings. The van der Waals surface area contributed by atoms with E-state index in [9.17, 15) is 14.9 Å². The molecular weight excluding hydrogens is 354 g/mol. The number of Topliss-reactive ketones (excluding diaryl/α,β-unsaturated/α-hetero) is 1. The maximum Gasteiger partial charge on any atom is 0.267 e. The lowest BCUT2D eigenvalue weighted by atomic mass is 10.1. The number of hydrogen-bond donors (Lipinski definition) is 2. The van der Waals surface area contributed by atoms with Gasteiger partial charge in [-0.25, -0.2) is 0 Å². The zero-order valence-corrected chi connectivity index (χ0v) is 14.9. The fraction of sp³-hybridized carbons (Fsp3) is 0.105. The highest BCUT2D eigenvalue weighted by molar-refractivity contribution is 6.32. The molecule has 0 saturated carbocycles. The number of ether oxygens (including phenoxy) is 1. The Hall–Kier alpha value is -3.30. The van der Waals surface area contributed by atoms with Crippen molar-refractivity contribution in [2.75, 3.05) is 17.7 Å². The van der Waals surface area contributed by atoms with Crippen molar-refractivity contribution in [2.45, 2.75) is 6.92 Å². The molecule has 0 aliphatic rings. The number of nitrogens with one attached hydrogen (secondary N) is 2. The molecular formula is C19H16ClN3O3. The van der Waals surface area contributed by atoms with E-state index in [1.54, 1.807) is 36.4 Å². The van der Waals surface area contributed by atoms with Crippen LogP contribution in [0.15, 0.2) is 54.2 Å². The molecule has 132 valence electrons. The lowest BCUT2D eigenvalue weighted by Gasteiger charge is -2.08. The monoisotopic (exact) mass is 369 g/mol. The lowest BCUT2D eigenvalue weighted by molar-refractivity contribution is -0.112. The Kier molecular flexibility index (Phi) is 6.36. The highest BCUT2D eigenvalue weighted by atomic mass is 35.5. The Morgan fingerprint density at radius 1 is 1.15 bits per heavy atom. The van der Waals surface area contributed by atoms with Gasteiger partial charge in [-0.3, -0.25) is 9.59 Å². The van der Waals surface area contributed by atoms with Gasteiger partial charge in [0.25, 0.3) is 5.91 Å². The van der Waals surface area contributed by atoms with Crippen molar-refractivity contribution in [2.24, 2.45) is 0 Å². The number of benzene rings is 2. The van der Waals surface area contributed by atoms with Crippen LogP contribution in [0, 0.1) is 11.3 Å². The standard InChI is InChI=1S/C19H16ClN3O3/c1-12(24)13-3-5-15(6-4-13)22-11-14(10-21)19(25)23-16-7-8-18(26-2)17(20)9-16/h3-9,11,22H,1-2H3,(H,23,25)/b14-11-. The predicted molar refractivity (Wildman–Crippen MR) is 100 cm³/mol. The van der Waals surface area contributed by atoms with Crippen molar-refractivity contribution in [1.29, 1.82) is 5.26 Å². The third kappa shape index (κ3) is 4.85. The van der Waals surface area contributed by atoms with Gasteiger partial charge in [-0.05, 0) is 49.4 Å². The summed E-state index contributed by atoms with van der Waals surface area (Å²) in [6.45, 7) is 1.48. The van der Waals surface area contributed by atoms with E-state index in [0.717, 1.165) is 0 Å². The number of hydrogen-bond acceptors (Lipinski definition) is 5. The first-order valence-electron chi connectivity index (χ1n) is 7.57. The fourth-order valence-corrected chi connectivity index (χ4v) is 2.31. The molecule has 2 N–H and O–H groups in total. The number of anilines is 2. The van der Waals surface area contributed by atoms with Gasteiger partial charge in [-0.15, -0.1) is 0 Å². The van der Waals surface area contributed by atoms with E-state index in [2.05, 4.69) is 10.6 Å². The van der Waals surface area contributed by atoms with Gasteiger partial charge in [0, 0.05) is 23.1 Å². The van der Waals surface area contributed by atoms with Gasteiger partial charge in [0.05, 0.1) is 12.1 Å². The van der Waals surface area contributed by atoms with E-state index < -0.39 is 5.91 Å². The van der Waals surface area contributed by atoms with Gasteiger partial charge in [-0.1, -0.05) is 11.6 Å². The molecule has 0 fully saturated rings. The summed E-state index contributed by atoms with van der Waals surface area (Å²) in [5.41, 5.74) is 1.54. The Morgan fingerprint density at radius 2 is 1.81 bits per heavy atom. The Morgan fingerprint density at radius 3 is 2.35 bits per heavy atom. The van der Waals surface area contributed by atoms with Crippen LogP contribution in [0.2, 0.25) is 5.02 Å². The van der Waals surface area contributed by atoms with Crippen LogP contribution in [0.3, 0.4) is 0 Å². The summed E-state index contributed by atoms with van der Waals surface area (Å²) in [6, 6.07) is 13.3. The molecule has 0 heterocycles. The number of carbonyl (C=O) groups excluding carboxylic acids is 2. The van der Waals surface area contributed by atoms with Gasteiger partial charge in [0.15, 0.2) is 5.78 Å². The quantitative estimate of drug-likeness (QED) is 0.456. The van der Waals surface area contributed by atoms with Crippen molar-refractivity contribution in [3.05, 3.63) is 64.8 Å². The smallest absolute Gasteiger partial charge is 0.267 e. The number of methoxy groups -OCH3 is 1. The maximum atomic E-state index is 12.2. The molecule has 26 heavy (non-hydrogen) atoms. The average molecular weight is 370 g/mol. The number of rotatable bonds is 6. The van der Waals surface area contributed by atoms with Gasteiger partial charge < -0.3 is 15.4 Å². The highest BCUT2D eigenvalue weighted by Crippen LogP contribution is 2.27. The van der Waals surface area contributed by atoms with Crippen molar-refractivity contribution in [3.8, 4) is 11.8 Å². The molecule has 0 unspecified atom stereocenters. The molecule has 0 aliphatic carbocycles. The van der Waals surface area contributed by atoms with Crippen LogP contribution >= 0.6 is 11.6 Å². The van der Waals surface area contributed by atoms with Crippen LogP contribution < -0.4 is 15.4 Å². The van der Waals surface area contributed by atoms with E-state index in [1.165, 1.54) is 26.3 Å². The summed E-state index contributed by atoms with van der Waals surface area (Å²) in [5.74, 6) is -0.139. The number of ketones is 1. The summed E-state index contributed by atoms with van der Waals surface area (Å²) >= 11 is 6.01. The van der Waals surface area contributed by atoms with Gasteiger partial charge >= 0.3 is 0 Å². The third-order valence-corrected chi connectivity index (χ3v) is 3.74. The first-order chi connectivity index (χ1) is 12.4. The van der Waals surface area contributed by atoms with Crippen LogP contribution in [0.4, 0.5) is 11.4 Å². The minimum atomic E-state index is -0.582. The molecule has 0 spiro atoms. The second-order valence-electron chi connectivity index (χ2n) is 5.25. The number of amides is 1. The molecule has 0 bridgehead atoms. The molecule has 2 aromatic carbocycles. The number of halogens is 1. The van der Waals surface area contributed by atoms with Crippen LogP contribution in [0.1, 0.15) is 17.3 Å². The molecule has 2 rings (SSSR count). The Balaban J connectivity index is 2.08. The van der Waals surface area contributed by atoms with E-state index in [-0.39, 0.29) is 11.4 Å². The van der Waals surface area contributed by atoms with Gasteiger partial charge in [0.1, 0.15) is 17.4 Å². The molecule has 1 amide bonds. The van der Waals surface area contributed by atoms with E-state index in [0.29, 0.717) is 27.7 Å². The number of nitriles is 1. The Bertz CT molecular complexity index is 899. The molecule has 6 nitrogen and oxygen atoms in total. The highest BCUT2D eigenvalue weighted by Gasteiger charge is 2.11.